The van der Waals surface area contributed by atoms with E-state index in [1.54, 1.807) is 6.92 Å². The van der Waals surface area contributed by atoms with Crippen molar-refractivity contribution in [2.45, 2.75) is 64.0 Å². The molecule has 0 aromatic heterocycles. The third-order valence-electron chi connectivity index (χ3n) is 5.24. The summed E-state index contributed by atoms with van der Waals surface area (Å²) in [7, 11) is 0. The molecule has 3 heteroatoms. The van der Waals surface area contributed by atoms with Crippen LogP contribution in [-0.2, 0) is 9.53 Å². The van der Waals surface area contributed by atoms with Crippen LogP contribution in [0.4, 0.5) is 0 Å². The molecule has 0 spiro atoms. The number of carbonyl (C=O) groups is 1. The number of ether oxygens (including phenoxy) is 1. The van der Waals surface area contributed by atoms with Gasteiger partial charge in [0.25, 0.3) is 0 Å². The minimum atomic E-state index is -0.0843. The van der Waals surface area contributed by atoms with Crippen molar-refractivity contribution in [2.75, 3.05) is 13.1 Å². The molecule has 0 N–H and O–H groups in total. The normalized spacial score (nSPS) is 40.7. The summed E-state index contributed by atoms with van der Waals surface area (Å²) in [5.74, 6) is 1.17. The van der Waals surface area contributed by atoms with E-state index in [2.05, 4.69) is 4.90 Å². The maximum Gasteiger partial charge on any atom is 0.302 e. The topological polar surface area (TPSA) is 29.5 Å². The van der Waals surface area contributed by atoms with Gasteiger partial charge >= 0.3 is 5.97 Å². The van der Waals surface area contributed by atoms with Crippen molar-refractivity contribution < 1.29 is 9.53 Å². The van der Waals surface area contributed by atoms with E-state index in [4.69, 9.17) is 4.74 Å². The molecule has 1 aliphatic heterocycles. The zero-order valence-electron chi connectivity index (χ0n) is 11.4. The van der Waals surface area contributed by atoms with E-state index >= 15 is 0 Å². The van der Waals surface area contributed by atoms with Crippen molar-refractivity contribution in [1.29, 1.82) is 0 Å². The van der Waals surface area contributed by atoms with E-state index in [9.17, 15) is 4.79 Å². The second-order valence-corrected chi connectivity index (χ2v) is 6.32. The number of fused-ring (bicyclic) bond motifs is 2. The number of carbonyl (C=O) groups excluding carboxylic acids is 1. The lowest BCUT2D eigenvalue weighted by Gasteiger charge is -2.48. The van der Waals surface area contributed by atoms with Gasteiger partial charge in [-0.15, -0.1) is 0 Å². The van der Waals surface area contributed by atoms with E-state index in [-0.39, 0.29) is 12.1 Å². The fraction of sp³-hybridized carbons (Fsp3) is 0.933. The maximum atomic E-state index is 11.3. The summed E-state index contributed by atoms with van der Waals surface area (Å²) in [5, 5.41) is 0. The monoisotopic (exact) mass is 251 g/mol. The van der Waals surface area contributed by atoms with Crippen molar-refractivity contribution in [1.82, 2.24) is 4.90 Å². The Balaban J connectivity index is 1.74. The van der Waals surface area contributed by atoms with Crippen LogP contribution in [0.25, 0.3) is 0 Å². The number of nitrogens with zero attached hydrogens (tertiary/aromatic N) is 1. The minimum absolute atomic E-state index is 0.0843. The highest BCUT2D eigenvalue weighted by Crippen LogP contribution is 2.44. The first-order chi connectivity index (χ1) is 8.75. The van der Waals surface area contributed by atoms with E-state index in [1.165, 1.54) is 58.0 Å². The molecule has 4 atom stereocenters. The summed E-state index contributed by atoms with van der Waals surface area (Å²) in [6.45, 7) is 4.09. The molecule has 3 rings (SSSR count). The fourth-order valence-electron chi connectivity index (χ4n) is 4.51. The highest BCUT2D eigenvalue weighted by Gasteiger charge is 2.45. The molecule has 0 aromatic carbocycles. The number of esters is 1. The Morgan fingerprint density at radius 1 is 1.06 bits per heavy atom. The zero-order chi connectivity index (χ0) is 12.5. The van der Waals surface area contributed by atoms with Crippen LogP contribution < -0.4 is 0 Å². The summed E-state index contributed by atoms with van der Waals surface area (Å²) >= 11 is 0. The molecular formula is C15H25NO2. The second kappa shape index (κ2) is 5.20. The van der Waals surface area contributed by atoms with Gasteiger partial charge in [0, 0.05) is 18.9 Å². The summed E-state index contributed by atoms with van der Waals surface area (Å²) < 4.78 is 5.68. The molecular weight excluding hydrogens is 226 g/mol. The Bertz CT molecular complexity index is 312. The van der Waals surface area contributed by atoms with Crippen LogP contribution in [0.15, 0.2) is 0 Å². The summed E-state index contributed by atoms with van der Waals surface area (Å²) in [6, 6.07) is 0.688. The van der Waals surface area contributed by atoms with E-state index in [0.29, 0.717) is 17.9 Å². The fourth-order valence-corrected chi connectivity index (χ4v) is 4.51. The Labute approximate surface area is 110 Å². The van der Waals surface area contributed by atoms with E-state index in [1.807, 2.05) is 0 Å². The zero-order valence-corrected chi connectivity index (χ0v) is 11.4. The first kappa shape index (κ1) is 12.5. The molecule has 102 valence electrons. The highest BCUT2D eigenvalue weighted by atomic mass is 16.5. The highest BCUT2D eigenvalue weighted by molar-refractivity contribution is 5.66. The SMILES string of the molecule is CC(=O)O[C@@H]1[C@@H]2CCC[C@@H]1[C@H](N1CCCC1)CC2. The maximum absolute atomic E-state index is 11.3. The third kappa shape index (κ3) is 2.29. The first-order valence-corrected chi connectivity index (χ1v) is 7.67. The Morgan fingerprint density at radius 3 is 2.56 bits per heavy atom. The number of hydrogen-bond donors (Lipinski definition) is 0. The molecule has 0 radical (unpaired) electrons. The molecule has 1 saturated heterocycles. The van der Waals surface area contributed by atoms with Gasteiger partial charge in [-0.3, -0.25) is 9.69 Å². The van der Waals surface area contributed by atoms with Gasteiger partial charge in [0.1, 0.15) is 6.10 Å². The number of rotatable bonds is 2. The van der Waals surface area contributed by atoms with Gasteiger partial charge in [0.2, 0.25) is 0 Å². The Hall–Kier alpha value is -0.570. The molecule has 0 amide bonds. The lowest BCUT2D eigenvalue weighted by atomic mass is 9.67. The van der Waals surface area contributed by atoms with Crippen molar-refractivity contribution in [3.8, 4) is 0 Å². The summed E-state index contributed by atoms with van der Waals surface area (Å²) in [5.41, 5.74) is 0. The molecule has 3 fully saturated rings. The van der Waals surface area contributed by atoms with Gasteiger partial charge in [-0.05, 0) is 57.5 Å². The average molecular weight is 251 g/mol. The quantitative estimate of drug-likeness (QED) is 0.707. The first-order valence-electron chi connectivity index (χ1n) is 7.67. The number of likely N-dealkylation sites (tertiary alicyclic amines) is 1. The van der Waals surface area contributed by atoms with Gasteiger partial charge in [-0.2, -0.15) is 0 Å². The summed E-state index contributed by atoms with van der Waals surface area (Å²) in [4.78, 5) is 14.0. The Kier molecular flexibility index (Phi) is 3.60. The predicted octanol–water partition coefficient (Wildman–Crippen LogP) is 2.59. The molecule has 2 saturated carbocycles. The number of hydrogen-bond acceptors (Lipinski definition) is 3. The van der Waals surface area contributed by atoms with Gasteiger partial charge in [0.15, 0.2) is 0 Å². The van der Waals surface area contributed by atoms with Gasteiger partial charge < -0.3 is 4.74 Å². The third-order valence-corrected chi connectivity index (χ3v) is 5.24. The van der Waals surface area contributed by atoms with Crippen LogP contribution in [-0.4, -0.2) is 36.1 Å². The molecule has 0 unspecified atom stereocenters. The van der Waals surface area contributed by atoms with Crippen LogP contribution in [0, 0.1) is 11.8 Å². The van der Waals surface area contributed by atoms with E-state index < -0.39 is 0 Å². The largest absolute Gasteiger partial charge is 0.462 e. The van der Waals surface area contributed by atoms with Crippen LogP contribution in [0.3, 0.4) is 0 Å². The molecule has 18 heavy (non-hydrogen) atoms. The second-order valence-electron chi connectivity index (χ2n) is 6.32. The lowest BCUT2D eigenvalue weighted by Crippen LogP contribution is -2.52. The van der Waals surface area contributed by atoms with Crippen molar-refractivity contribution in [3.63, 3.8) is 0 Å². The van der Waals surface area contributed by atoms with Crippen LogP contribution in [0.5, 0.6) is 0 Å². The molecule has 0 aromatic rings. The molecule has 2 aliphatic carbocycles. The smallest absolute Gasteiger partial charge is 0.302 e. The van der Waals surface area contributed by atoms with Crippen LogP contribution >= 0.6 is 0 Å². The van der Waals surface area contributed by atoms with Crippen molar-refractivity contribution >= 4 is 5.97 Å². The summed E-state index contributed by atoms with van der Waals surface area (Å²) in [6.07, 6.45) is 9.36. The van der Waals surface area contributed by atoms with Crippen LogP contribution in [0.1, 0.15) is 51.9 Å². The average Bonchev–Trinajstić information content (AvgIpc) is 2.81. The van der Waals surface area contributed by atoms with Crippen LogP contribution in [0.2, 0.25) is 0 Å². The molecule has 3 aliphatic rings. The van der Waals surface area contributed by atoms with Gasteiger partial charge in [0.05, 0.1) is 0 Å². The standard InChI is InChI=1S/C15H25NO2/c1-11(17)18-15-12-5-4-6-13(15)14(8-7-12)16-9-2-3-10-16/h12-15H,2-10H2,1H3/t12-,13-,14-,15-/m1/s1. The molecule has 3 nitrogen and oxygen atoms in total. The molecule has 1 heterocycles. The van der Waals surface area contributed by atoms with Gasteiger partial charge in [-0.1, -0.05) is 6.42 Å². The predicted molar refractivity (Wildman–Crippen MR) is 70.2 cm³/mol. The Morgan fingerprint density at radius 2 is 1.83 bits per heavy atom. The molecule has 2 bridgehead atoms. The van der Waals surface area contributed by atoms with Crippen molar-refractivity contribution in [2.24, 2.45) is 11.8 Å². The van der Waals surface area contributed by atoms with Gasteiger partial charge in [-0.25, -0.2) is 0 Å². The van der Waals surface area contributed by atoms with Crippen molar-refractivity contribution in [3.05, 3.63) is 0 Å². The lowest BCUT2D eigenvalue weighted by molar-refractivity contribution is -0.161. The minimum Gasteiger partial charge on any atom is -0.462 e. The van der Waals surface area contributed by atoms with E-state index in [0.717, 1.165) is 0 Å².